The van der Waals surface area contributed by atoms with Crippen LogP contribution in [0.1, 0.15) is 44.0 Å². The molecule has 0 atom stereocenters. The van der Waals surface area contributed by atoms with Crippen molar-refractivity contribution in [3.05, 3.63) is 29.8 Å². The van der Waals surface area contributed by atoms with Crippen molar-refractivity contribution in [3.8, 4) is 5.75 Å². The van der Waals surface area contributed by atoms with E-state index in [0.29, 0.717) is 17.7 Å². The Morgan fingerprint density at radius 2 is 1.71 bits per heavy atom. The van der Waals surface area contributed by atoms with Gasteiger partial charge in [0.15, 0.2) is 12.4 Å². The number of ketones is 1. The smallest absolute Gasteiger partial charge is 0.341 e. The van der Waals surface area contributed by atoms with Crippen molar-refractivity contribution in [3.63, 3.8) is 0 Å². The Hall–Kier alpha value is -2.37. The van der Waals surface area contributed by atoms with Crippen LogP contribution in [0.2, 0.25) is 0 Å². The lowest BCUT2D eigenvalue weighted by atomic mass is 9.90. The minimum absolute atomic E-state index is 0.0122. The summed E-state index contributed by atoms with van der Waals surface area (Å²) in [5.41, 5.74) is 0.528. The van der Waals surface area contributed by atoms with E-state index in [2.05, 4.69) is 20.8 Å². The fourth-order valence-electron chi connectivity index (χ4n) is 1.95. The van der Waals surface area contributed by atoms with Crippen molar-refractivity contribution in [1.82, 2.24) is 4.90 Å². The van der Waals surface area contributed by atoms with Crippen molar-refractivity contribution >= 4 is 17.7 Å². The number of aliphatic carboxylic acids is 1. The molecule has 0 unspecified atom stereocenters. The van der Waals surface area contributed by atoms with Gasteiger partial charge in [-0.3, -0.25) is 9.59 Å². The van der Waals surface area contributed by atoms with Gasteiger partial charge in [0.05, 0.1) is 6.54 Å². The highest BCUT2D eigenvalue weighted by molar-refractivity contribution is 5.99. The average Bonchev–Trinajstić information content (AvgIpc) is 2.50. The molecule has 24 heavy (non-hydrogen) atoms. The second-order valence-corrected chi connectivity index (χ2v) is 6.94. The van der Waals surface area contributed by atoms with Crippen LogP contribution in [0.25, 0.3) is 0 Å². The van der Waals surface area contributed by atoms with Crippen LogP contribution in [0.5, 0.6) is 5.75 Å². The number of likely N-dealkylation sites (N-methyl/N-ethyl adjacent to an activating group) is 1. The molecule has 0 aromatic heterocycles. The van der Waals surface area contributed by atoms with Gasteiger partial charge in [0.1, 0.15) is 5.75 Å². The number of Topliss-reactive ketones (excluding diaryl/α,β-unsaturated/α-hetero) is 1. The third-order valence-corrected chi connectivity index (χ3v) is 3.43. The number of carboxylic acid groups (broad SMARTS) is 1. The van der Waals surface area contributed by atoms with Crippen LogP contribution in [-0.4, -0.2) is 47.9 Å². The fraction of sp³-hybridized carbons (Fsp3) is 0.500. The maximum absolute atomic E-state index is 12.2. The quantitative estimate of drug-likeness (QED) is 0.738. The van der Waals surface area contributed by atoms with E-state index in [1.165, 1.54) is 17.0 Å². The maximum Gasteiger partial charge on any atom is 0.341 e. The molecule has 0 spiro atoms. The molecule has 6 nitrogen and oxygen atoms in total. The van der Waals surface area contributed by atoms with Gasteiger partial charge in [0.25, 0.3) is 0 Å². The first-order valence-electron chi connectivity index (χ1n) is 7.80. The van der Waals surface area contributed by atoms with Gasteiger partial charge in [-0.05, 0) is 36.1 Å². The number of rotatable bonds is 8. The minimum Gasteiger partial charge on any atom is -0.482 e. The van der Waals surface area contributed by atoms with Crippen LogP contribution in [0.15, 0.2) is 24.3 Å². The van der Waals surface area contributed by atoms with Crippen molar-refractivity contribution in [1.29, 1.82) is 0 Å². The van der Waals surface area contributed by atoms with Crippen LogP contribution < -0.4 is 4.74 Å². The number of amides is 1. The molecule has 0 saturated heterocycles. The van der Waals surface area contributed by atoms with Gasteiger partial charge >= 0.3 is 5.97 Å². The molecular weight excluding hydrogens is 310 g/mol. The number of carboxylic acids is 1. The van der Waals surface area contributed by atoms with Crippen molar-refractivity contribution in [2.75, 3.05) is 20.2 Å². The topological polar surface area (TPSA) is 83.9 Å². The highest BCUT2D eigenvalue weighted by atomic mass is 16.5. The molecular formula is C18H25NO5. The van der Waals surface area contributed by atoms with Gasteiger partial charge in [0.2, 0.25) is 5.91 Å². The molecule has 0 fully saturated rings. The average molecular weight is 335 g/mol. The number of hydrogen-bond donors (Lipinski definition) is 1. The lowest BCUT2D eigenvalue weighted by molar-refractivity contribution is -0.139. The first-order valence-corrected chi connectivity index (χ1v) is 7.80. The van der Waals surface area contributed by atoms with Gasteiger partial charge < -0.3 is 14.7 Å². The molecule has 0 aliphatic carbocycles. The Morgan fingerprint density at radius 3 is 2.21 bits per heavy atom. The van der Waals surface area contributed by atoms with Crippen molar-refractivity contribution in [2.24, 2.45) is 5.41 Å². The molecule has 1 N–H and O–H groups in total. The lowest BCUT2D eigenvalue weighted by Crippen LogP contribution is -2.32. The summed E-state index contributed by atoms with van der Waals surface area (Å²) in [5, 5.41) is 8.55. The van der Waals surface area contributed by atoms with Crippen LogP contribution in [0, 0.1) is 5.41 Å². The zero-order chi connectivity index (χ0) is 18.3. The Morgan fingerprint density at radius 1 is 1.12 bits per heavy atom. The van der Waals surface area contributed by atoms with E-state index in [1.54, 1.807) is 19.2 Å². The van der Waals surface area contributed by atoms with Gasteiger partial charge in [-0.25, -0.2) is 4.79 Å². The number of carbonyl (C=O) groups is 3. The standard InChI is InChI=1S/C18H25NO5/c1-18(2,3)10-9-16(21)19(4)11-15(20)13-5-7-14(8-6-13)24-12-17(22)23/h5-8H,9-12H2,1-4H3,(H,22,23). The molecule has 0 radical (unpaired) electrons. The monoisotopic (exact) mass is 335 g/mol. The van der Waals surface area contributed by atoms with E-state index in [1.807, 2.05) is 0 Å². The van der Waals surface area contributed by atoms with E-state index in [-0.39, 0.29) is 23.7 Å². The number of nitrogens with zero attached hydrogens (tertiary/aromatic N) is 1. The molecule has 0 heterocycles. The highest BCUT2D eigenvalue weighted by Gasteiger charge is 2.18. The van der Waals surface area contributed by atoms with Crippen molar-refractivity contribution in [2.45, 2.75) is 33.6 Å². The Labute approximate surface area is 142 Å². The zero-order valence-corrected chi connectivity index (χ0v) is 14.7. The minimum atomic E-state index is -1.06. The summed E-state index contributed by atoms with van der Waals surface area (Å²) in [6, 6.07) is 6.20. The summed E-state index contributed by atoms with van der Waals surface area (Å²) in [6.45, 7) is 5.79. The third-order valence-electron chi connectivity index (χ3n) is 3.43. The molecule has 1 amide bonds. The van der Waals surface area contributed by atoms with Crippen LogP contribution in [-0.2, 0) is 9.59 Å². The van der Waals surface area contributed by atoms with Gasteiger partial charge in [-0.15, -0.1) is 0 Å². The van der Waals surface area contributed by atoms with E-state index >= 15 is 0 Å². The van der Waals surface area contributed by atoms with Crippen LogP contribution in [0.3, 0.4) is 0 Å². The second-order valence-electron chi connectivity index (χ2n) is 6.94. The zero-order valence-electron chi connectivity index (χ0n) is 14.7. The number of carbonyl (C=O) groups excluding carboxylic acids is 2. The molecule has 132 valence electrons. The van der Waals surface area contributed by atoms with Crippen LogP contribution >= 0.6 is 0 Å². The second kappa shape index (κ2) is 8.47. The predicted octanol–water partition coefficient (Wildman–Crippen LogP) is 2.62. The largest absolute Gasteiger partial charge is 0.482 e. The van der Waals surface area contributed by atoms with E-state index < -0.39 is 12.6 Å². The molecule has 1 aromatic rings. The summed E-state index contributed by atoms with van der Waals surface area (Å²) in [7, 11) is 1.62. The van der Waals surface area contributed by atoms with Crippen LogP contribution in [0.4, 0.5) is 0 Å². The highest BCUT2D eigenvalue weighted by Crippen LogP contribution is 2.21. The summed E-state index contributed by atoms with van der Waals surface area (Å²) in [4.78, 5) is 36.1. The van der Waals surface area contributed by atoms with Gasteiger partial charge in [-0.1, -0.05) is 20.8 Å². The van der Waals surface area contributed by atoms with Gasteiger partial charge in [0, 0.05) is 19.0 Å². The summed E-state index contributed by atoms with van der Waals surface area (Å²) in [5.74, 6) is -0.916. The molecule has 1 rings (SSSR count). The first-order chi connectivity index (χ1) is 11.1. The number of ether oxygens (including phenoxy) is 1. The Kier molecular flexibility index (Phi) is 6.95. The molecule has 0 aliphatic heterocycles. The van der Waals surface area contributed by atoms with E-state index in [0.717, 1.165) is 6.42 Å². The van der Waals surface area contributed by atoms with E-state index in [9.17, 15) is 14.4 Å². The third kappa shape index (κ3) is 7.26. The Bertz CT molecular complexity index is 586. The molecule has 6 heteroatoms. The fourth-order valence-corrected chi connectivity index (χ4v) is 1.95. The van der Waals surface area contributed by atoms with E-state index in [4.69, 9.17) is 9.84 Å². The maximum atomic E-state index is 12.2. The predicted molar refractivity (Wildman–Crippen MR) is 90.2 cm³/mol. The normalized spacial score (nSPS) is 11.0. The first kappa shape index (κ1) is 19.7. The SMILES string of the molecule is CN(CC(=O)c1ccc(OCC(=O)O)cc1)C(=O)CCC(C)(C)C. The molecule has 0 saturated carbocycles. The summed E-state index contributed by atoms with van der Waals surface area (Å²) < 4.78 is 5.01. The molecule has 0 aliphatic rings. The molecule has 1 aromatic carbocycles. The van der Waals surface area contributed by atoms with Gasteiger partial charge in [-0.2, -0.15) is 0 Å². The summed E-state index contributed by atoms with van der Waals surface area (Å²) in [6.07, 6.45) is 1.18. The number of benzene rings is 1. The number of hydrogen-bond acceptors (Lipinski definition) is 4. The molecule has 0 bridgehead atoms. The van der Waals surface area contributed by atoms with Crippen molar-refractivity contribution < 1.29 is 24.2 Å². The Balaban J connectivity index is 2.54. The lowest BCUT2D eigenvalue weighted by Gasteiger charge is -2.21. The summed E-state index contributed by atoms with van der Waals surface area (Å²) >= 11 is 0.